The maximum atomic E-state index is 6.06. The quantitative estimate of drug-likeness (QED) is 0.807. The number of nitrogen functional groups attached to an aromatic ring is 1. The lowest BCUT2D eigenvalue weighted by Gasteiger charge is -2.29. The molecule has 1 fully saturated rings. The molecule has 0 spiro atoms. The predicted octanol–water partition coefficient (Wildman–Crippen LogP) is 2.40. The lowest BCUT2D eigenvalue weighted by molar-refractivity contribution is 0.114. The van der Waals surface area contributed by atoms with Gasteiger partial charge in [0, 0.05) is 18.8 Å². The molecule has 0 amide bonds. The zero-order chi connectivity index (χ0) is 11.5. The molecule has 0 atom stereocenters. The zero-order valence-corrected chi connectivity index (χ0v) is 10.2. The third-order valence-electron chi connectivity index (χ3n) is 2.92. The van der Waals surface area contributed by atoms with Crippen LogP contribution in [-0.4, -0.2) is 31.1 Å². The Kier molecular flexibility index (Phi) is 3.56. The Labute approximate surface area is 101 Å². The monoisotopic (exact) mass is 240 g/mol. The maximum absolute atomic E-state index is 6.06. The molecule has 0 aliphatic carbocycles. The number of rotatable bonds is 2. The Morgan fingerprint density at radius 3 is 2.69 bits per heavy atom. The molecule has 0 unspecified atom stereocenters. The Bertz CT molecular complexity index is 362. The van der Waals surface area contributed by atoms with E-state index in [1.165, 1.54) is 0 Å². The summed E-state index contributed by atoms with van der Waals surface area (Å²) in [5.74, 6) is 0.741. The number of halogens is 1. The van der Waals surface area contributed by atoms with Gasteiger partial charge in [0.15, 0.2) is 0 Å². The molecule has 3 nitrogen and oxygen atoms in total. The summed E-state index contributed by atoms with van der Waals surface area (Å²) in [4.78, 5) is 2.31. The number of nitrogens with zero attached hydrogens (tertiary/aromatic N) is 1. The minimum absolute atomic E-state index is 0.275. The van der Waals surface area contributed by atoms with Crippen molar-refractivity contribution in [3.05, 3.63) is 23.2 Å². The van der Waals surface area contributed by atoms with E-state index in [1.54, 1.807) is 6.07 Å². The van der Waals surface area contributed by atoms with Crippen LogP contribution >= 0.6 is 11.6 Å². The highest BCUT2D eigenvalue weighted by Crippen LogP contribution is 2.28. The van der Waals surface area contributed by atoms with Crippen molar-refractivity contribution >= 4 is 17.3 Å². The average molecular weight is 241 g/mol. The average Bonchev–Trinajstić information content (AvgIpc) is 2.25. The van der Waals surface area contributed by atoms with Gasteiger partial charge in [-0.15, -0.1) is 0 Å². The van der Waals surface area contributed by atoms with Crippen LogP contribution in [0.1, 0.15) is 12.8 Å². The molecule has 0 radical (unpaired) electrons. The molecule has 16 heavy (non-hydrogen) atoms. The Balaban J connectivity index is 1.98. The van der Waals surface area contributed by atoms with Gasteiger partial charge in [0.2, 0.25) is 0 Å². The van der Waals surface area contributed by atoms with E-state index in [1.807, 2.05) is 12.1 Å². The Morgan fingerprint density at radius 1 is 1.38 bits per heavy atom. The van der Waals surface area contributed by atoms with E-state index < -0.39 is 0 Å². The first-order chi connectivity index (χ1) is 7.65. The van der Waals surface area contributed by atoms with Crippen molar-refractivity contribution in [2.75, 3.05) is 25.9 Å². The summed E-state index contributed by atoms with van der Waals surface area (Å²) in [6.45, 7) is 2.16. The molecule has 0 aromatic heterocycles. The van der Waals surface area contributed by atoms with Crippen LogP contribution in [0.25, 0.3) is 0 Å². The second-order valence-electron chi connectivity index (χ2n) is 4.31. The zero-order valence-electron chi connectivity index (χ0n) is 9.45. The van der Waals surface area contributed by atoms with Crippen molar-refractivity contribution in [3.63, 3.8) is 0 Å². The molecular formula is C12H17ClN2O. The van der Waals surface area contributed by atoms with Crippen LogP contribution in [0.5, 0.6) is 5.75 Å². The number of hydrogen-bond donors (Lipinski definition) is 1. The van der Waals surface area contributed by atoms with Gasteiger partial charge in [-0.25, -0.2) is 0 Å². The number of benzene rings is 1. The second kappa shape index (κ2) is 4.93. The molecule has 1 aliphatic heterocycles. The molecule has 2 N–H and O–H groups in total. The molecule has 2 rings (SSSR count). The summed E-state index contributed by atoms with van der Waals surface area (Å²) in [6, 6.07) is 5.39. The van der Waals surface area contributed by atoms with E-state index >= 15 is 0 Å². The summed E-state index contributed by atoms with van der Waals surface area (Å²) in [6.07, 6.45) is 2.38. The van der Waals surface area contributed by atoms with Gasteiger partial charge < -0.3 is 15.4 Å². The Hall–Kier alpha value is -0.930. The summed E-state index contributed by atoms with van der Waals surface area (Å²) < 4.78 is 5.88. The molecule has 1 aromatic carbocycles. The van der Waals surface area contributed by atoms with E-state index in [-0.39, 0.29) is 6.10 Å². The molecule has 1 heterocycles. The second-order valence-corrected chi connectivity index (χ2v) is 4.72. The van der Waals surface area contributed by atoms with E-state index in [4.69, 9.17) is 22.1 Å². The van der Waals surface area contributed by atoms with Crippen molar-refractivity contribution in [2.45, 2.75) is 18.9 Å². The topological polar surface area (TPSA) is 38.5 Å². The van der Waals surface area contributed by atoms with Gasteiger partial charge in [-0.2, -0.15) is 0 Å². The number of piperidine rings is 1. The first-order valence-corrected chi connectivity index (χ1v) is 5.93. The lowest BCUT2D eigenvalue weighted by atomic mass is 10.1. The van der Waals surface area contributed by atoms with Crippen molar-refractivity contribution < 1.29 is 4.74 Å². The van der Waals surface area contributed by atoms with E-state index in [0.717, 1.165) is 31.7 Å². The summed E-state index contributed by atoms with van der Waals surface area (Å²) >= 11 is 6.06. The highest BCUT2D eigenvalue weighted by Gasteiger charge is 2.18. The minimum Gasteiger partial charge on any atom is -0.489 e. The molecule has 1 aromatic rings. The molecular weight excluding hydrogens is 224 g/mol. The highest BCUT2D eigenvalue weighted by molar-refractivity contribution is 6.32. The number of hydrogen-bond acceptors (Lipinski definition) is 3. The van der Waals surface area contributed by atoms with Crippen LogP contribution in [0, 0.1) is 0 Å². The fourth-order valence-corrected chi connectivity index (χ4v) is 2.13. The van der Waals surface area contributed by atoms with Crippen LogP contribution in [0.4, 0.5) is 5.69 Å². The van der Waals surface area contributed by atoms with Gasteiger partial charge in [-0.05, 0) is 38.1 Å². The van der Waals surface area contributed by atoms with Gasteiger partial charge in [-0.3, -0.25) is 0 Å². The van der Waals surface area contributed by atoms with Crippen molar-refractivity contribution in [3.8, 4) is 5.75 Å². The number of nitrogens with two attached hydrogens (primary N) is 1. The van der Waals surface area contributed by atoms with Gasteiger partial charge in [-0.1, -0.05) is 11.6 Å². The Morgan fingerprint density at radius 2 is 2.06 bits per heavy atom. The smallest absolute Gasteiger partial charge is 0.138 e. The summed E-state index contributed by atoms with van der Waals surface area (Å²) in [5, 5.41) is 0.596. The van der Waals surface area contributed by atoms with Gasteiger partial charge >= 0.3 is 0 Å². The van der Waals surface area contributed by atoms with Gasteiger partial charge in [0.1, 0.15) is 11.9 Å². The molecule has 1 saturated heterocycles. The maximum Gasteiger partial charge on any atom is 0.138 e. The van der Waals surface area contributed by atoms with Crippen molar-refractivity contribution in [2.24, 2.45) is 0 Å². The van der Waals surface area contributed by atoms with Crippen LogP contribution in [0.15, 0.2) is 18.2 Å². The first kappa shape index (κ1) is 11.6. The van der Waals surface area contributed by atoms with E-state index in [0.29, 0.717) is 10.7 Å². The predicted molar refractivity (Wildman–Crippen MR) is 67.0 cm³/mol. The molecule has 88 valence electrons. The highest BCUT2D eigenvalue weighted by atomic mass is 35.5. The van der Waals surface area contributed by atoms with Gasteiger partial charge in [0.25, 0.3) is 0 Å². The van der Waals surface area contributed by atoms with Crippen molar-refractivity contribution in [1.29, 1.82) is 0 Å². The minimum atomic E-state index is 0.275. The van der Waals surface area contributed by atoms with Crippen LogP contribution in [0.2, 0.25) is 5.02 Å². The fraction of sp³-hybridized carbons (Fsp3) is 0.500. The SMILES string of the molecule is CN1CCC(Oc2ccc(N)cc2Cl)CC1. The standard InChI is InChI=1S/C12H17ClN2O/c1-15-6-4-10(5-7-15)16-12-3-2-9(14)8-11(12)13/h2-3,8,10H,4-7,14H2,1H3. The first-order valence-electron chi connectivity index (χ1n) is 5.55. The van der Waals surface area contributed by atoms with E-state index in [2.05, 4.69) is 11.9 Å². The largest absolute Gasteiger partial charge is 0.489 e. The fourth-order valence-electron chi connectivity index (χ4n) is 1.89. The molecule has 0 saturated carbocycles. The van der Waals surface area contributed by atoms with Crippen LogP contribution < -0.4 is 10.5 Å². The number of ether oxygens (including phenoxy) is 1. The molecule has 1 aliphatic rings. The normalized spacial score (nSPS) is 18.6. The third kappa shape index (κ3) is 2.80. The molecule has 0 bridgehead atoms. The number of anilines is 1. The summed E-state index contributed by atoms with van der Waals surface area (Å²) in [5.41, 5.74) is 6.30. The summed E-state index contributed by atoms with van der Waals surface area (Å²) in [7, 11) is 2.13. The van der Waals surface area contributed by atoms with Crippen LogP contribution in [-0.2, 0) is 0 Å². The van der Waals surface area contributed by atoms with Crippen LogP contribution in [0.3, 0.4) is 0 Å². The number of likely N-dealkylation sites (tertiary alicyclic amines) is 1. The van der Waals surface area contributed by atoms with Gasteiger partial charge in [0.05, 0.1) is 5.02 Å². The van der Waals surface area contributed by atoms with E-state index in [9.17, 15) is 0 Å². The molecule has 4 heteroatoms. The third-order valence-corrected chi connectivity index (χ3v) is 3.21. The van der Waals surface area contributed by atoms with Crippen molar-refractivity contribution in [1.82, 2.24) is 4.90 Å². The lowest BCUT2D eigenvalue weighted by Crippen LogP contribution is -2.35.